The Hall–Kier alpha value is -1.89. The zero-order valence-corrected chi connectivity index (χ0v) is 17.3. The van der Waals surface area contributed by atoms with Crippen molar-refractivity contribution in [3.05, 3.63) is 40.8 Å². The van der Waals surface area contributed by atoms with E-state index in [-0.39, 0.29) is 6.10 Å². The number of piperazine rings is 1. The van der Waals surface area contributed by atoms with Crippen LogP contribution in [0.2, 0.25) is 0 Å². The molecular formula is C21H28N4OS. The maximum atomic E-state index is 5.52. The molecule has 1 saturated heterocycles. The van der Waals surface area contributed by atoms with Crippen molar-refractivity contribution in [2.24, 2.45) is 4.99 Å². The van der Waals surface area contributed by atoms with Crippen LogP contribution in [0.5, 0.6) is 0 Å². The lowest BCUT2D eigenvalue weighted by Crippen LogP contribution is -2.54. The zero-order chi connectivity index (χ0) is 19.0. The highest BCUT2D eigenvalue weighted by Crippen LogP contribution is 2.39. The lowest BCUT2D eigenvalue weighted by atomic mass is 10.0. The normalized spacial score (nSPS) is 21.0. The van der Waals surface area contributed by atoms with E-state index in [1.54, 1.807) is 18.4 Å². The van der Waals surface area contributed by atoms with Gasteiger partial charge < -0.3 is 15.0 Å². The van der Waals surface area contributed by atoms with Crippen LogP contribution in [0.25, 0.3) is 0 Å². The van der Waals surface area contributed by atoms with Crippen molar-refractivity contribution >= 4 is 33.5 Å². The number of aliphatic imine (C=N–C) groups is 1. The van der Waals surface area contributed by atoms with E-state index < -0.39 is 0 Å². The highest BCUT2D eigenvalue weighted by Gasteiger charge is 2.30. The van der Waals surface area contributed by atoms with Gasteiger partial charge in [-0.2, -0.15) is 0 Å². The number of nitrogens with one attached hydrogen (secondary N) is 1. The highest BCUT2D eigenvalue weighted by atomic mass is 32.1. The quantitative estimate of drug-likeness (QED) is 0.860. The van der Waals surface area contributed by atoms with E-state index >= 15 is 0 Å². The molecular weight excluding hydrogens is 356 g/mol. The molecule has 0 spiro atoms. The number of para-hydroxylation sites is 2. The molecule has 0 saturated carbocycles. The molecule has 144 valence electrons. The molecule has 2 aromatic rings. The second-order valence-electron chi connectivity index (χ2n) is 7.54. The van der Waals surface area contributed by atoms with E-state index in [0.29, 0.717) is 6.04 Å². The number of amidine groups is 1. The Labute approximate surface area is 165 Å². The van der Waals surface area contributed by atoms with Crippen molar-refractivity contribution in [3.8, 4) is 0 Å². The van der Waals surface area contributed by atoms with Gasteiger partial charge in [0.2, 0.25) is 0 Å². The lowest BCUT2D eigenvalue weighted by Gasteiger charge is -2.41. The number of hydrogen-bond donors (Lipinski definition) is 1. The largest absolute Gasteiger partial charge is 0.382 e. The Balaban J connectivity index is 1.69. The summed E-state index contributed by atoms with van der Waals surface area (Å²) >= 11 is 1.80. The fourth-order valence-corrected chi connectivity index (χ4v) is 4.78. The molecule has 2 atom stereocenters. The van der Waals surface area contributed by atoms with Crippen LogP contribution in [0, 0.1) is 6.92 Å². The van der Waals surface area contributed by atoms with Gasteiger partial charge in [0, 0.05) is 37.7 Å². The molecule has 6 heteroatoms. The van der Waals surface area contributed by atoms with Gasteiger partial charge in [0.25, 0.3) is 0 Å². The van der Waals surface area contributed by atoms with Crippen LogP contribution >= 0.6 is 11.3 Å². The van der Waals surface area contributed by atoms with E-state index in [0.717, 1.165) is 43.3 Å². The standard InChI is InChI=1S/C21H28N4OS/c1-14(26-4)11-16-13-25(10-9-24(16)3)20-17-12-15(2)27-21(17)23-19-8-6-5-7-18(19)22-20/h5-8,12,14,16,23H,9-11,13H2,1-4H3/t14-,16+/m1/s1. The minimum absolute atomic E-state index is 0.259. The summed E-state index contributed by atoms with van der Waals surface area (Å²) in [6, 6.07) is 11.0. The number of likely N-dealkylation sites (N-methyl/N-ethyl adjacent to an activating group) is 1. The Morgan fingerprint density at radius 3 is 2.96 bits per heavy atom. The molecule has 2 aliphatic rings. The lowest BCUT2D eigenvalue weighted by molar-refractivity contribution is 0.0565. The summed E-state index contributed by atoms with van der Waals surface area (Å²) < 4.78 is 5.52. The van der Waals surface area contributed by atoms with Gasteiger partial charge in [0.15, 0.2) is 0 Å². The smallest absolute Gasteiger partial charge is 0.139 e. The first-order valence-electron chi connectivity index (χ1n) is 9.58. The summed E-state index contributed by atoms with van der Waals surface area (Å²) in [4.78, 5) is 11.3. The minimum atomic E-state index is 0.259. The molecule has 0 bridgehead atoms. The van der Waals surface area contributed by atoms with Crippen LogP contribution in [0.4, 0.5) is 16.4 Å². The Bertz CT molecular complexity index is 846. The number of aryl methyl sites for hydroxylation is 1. The second kappa shape index (κ2) is 7.62. The number of anilines is 2. The molecule has 3 heterocycles. The van der Waals surface area contributed by atoms with Crippen LogP contribution < -0.4 is 5.32 Å². The van der Waals surface area contributed by atoms with Crippen molar-refractivity contribution < 1.29 is 4.74 Å². The van der Waals surface area contributed by atoms with Crippen molar-refractivity contribution in [2.75, 3.05) is 39.1 Å². The fourth-order valence-electron chi connectivity index (χ4n) is 3.86. The molecule has 0 unspecified atom stereocenters. The first kappa shape index (κ1) is 18.5. The van der Waals surface area contributed by atoms with E-state index in [2.05, 4.69) is 66.3 Å². The average Bonchev–Trinajstić information content (AvgIpc) is 2.95. The van der Waals surface area contributed by atoms with E-state index in [9.17, 15) is 0 Å². The maximum Gasteiger partial charge on any atom is 0.139 e. The third-order valence-electron chi connectivity index (χ3n) is 5.56. The number of rotatable bonds is 3. The third kappa shape index (κ3) is 3.74. The number of hydrogen-bond acceptors (Lipinski definition) is 6. The number of nitrogens with zero attached hydrogens (tertiary/aromatic N) is 3. The summed E-state index contributed by atoms with van der Waals surface area (Å²) in [5.41, 5.74) is 3.31. The molecule has 27 heavy (non-hydrogen) atoms. The van der Waals surface area contributed by atoms with Crippen molar-refractivity contribution in [2.45, 2.75) is 32.4 Å². The summed E-state index contributed by atoms with van der Waals surface area (Å²) in [5.74, 6) is 1.09. The SMILES string of the molecule is CO[C@H](C)C[C@H]1CN(C2=Nc3ccccc3Nc3sc(C)cc32)CCN1C. The molecule has 0 radical (unpaired) electrons. The highest BCUT2D eigenvalue weighted by molar-refractivity contribution is 7.16. The summed E-state index contributed by atoms with van der Waals surface area (Å²) in [6.45, 7) is 7.31. The van der Waals surface area contributed by atoms with Gasteiger partial charge in [0.1, 0.15) is 10.8 Å². The van der Waals surface area contributed by atoms with Crippen molar-refractivity contribution in [1.29, 1.82) is 0 Å². The molecule has 1 aromatic carbocycles. The Morgan fingerprint density at radius 2 is 2.15 bits per heavy atom. The van der Waals surface area contributed by atoms with Crippen molar-refractivity contribution in [1.82, 2.24) is 9.80 Å². The second-order valence-corrected chi connectivity index (χ2v) is 8.80. The molecule has 5 nitrogen and oxygen atoms in total. The van der Waals surface area contributed by atoms with Gasteiger partial charge in [-0.3, -0.25) is 4.90 Å². The van der Waals surface area contributed by atoms with E-state index in [4.69, 9.17) is 9.73 Å². The monoisotopic (exact) mass is 384 g/mol. The molecule has 0 amide bonds. The predicted molar refractivity (Wildman–Crippen MR) is 114 cm³/mol. The van der Waals surface area contributed by atoms with Crippen LogP contribution in [-0.2, 0) is 4.74 Å². The first-order chi connectivity index (χ1) is 13.0. The molecule has 1 fully saturated rings. The Morgan fingerprint density at radius 1 is 1.33 bits per heavy atom. The Kier molecular flexibility index (Phi) is 5.21. The number of fused-ring (bicyclic) bond motifs is 2. The van der Waals surface area contributed by atoms with Gasteiger partial charge in [-0.25, -0.2) is 4.99 Å². The van der Waals surface area contributed by atoms with E-state index in [1.165, 1.54) is 15.4 Å². The number of methoxy groups -OCH3 is 1. The molecule has 4 rings (SSSR count). The minimum Gasteiger partial charge on any atom is -0.382 e. The van der Waals surface area contributed by atoms with Gasteiger partial charge in [-0.1, -0.05) is 12.1 Å². The van der Waals surface area contributed by atoms with Crippen LogP contribution in [0.15, 0.2) is 35.3 Å². The zero-order valence-electron chi connectivity index (χ0n) is 16.5. The maximum absolute atomic E-state index is 5.52. The van der Waals surface area contributed by atoms with E-state index in [1.807, 2.05) is 0 Å². The molecule has 0 aliphatic carbocycles. The van der Waals surface area contributed by atoms with Crippen LogP contribution in [0.3, 0.4) is 0 Å². The average molecular weight is 385 g/mol. The number of ether oxygens (including phenoxy) is 1. The summed E-state index contributed by atoms with van der Waals surface area (Å²) in [6.07, 6.45) is 1.29. The first-order valence-corrected chi connectivity index (χ1v) is 10.4. The van der Waals surface area contributed by atoms with Gasteiger partial charge in [-0.15, -0.1) is 11.3 Å². The van der Waals surface area contributed by atoms with Gasteiger partial charge >= 0.3 is 0 Å². The molecule has 1 N–H and O–H groups in total. The summed E-state index contributed by atoms with van der Waals surface area (Å²) in [5, 5.41) is 4.79. The molecule has 1 aromatic heterocycles. The van der Waals surface area contributed by atoms with Crippen molar-refractivity contribution in [3.63, 3.8) is 0 Å². The number of thiophene rings is 1. The third-order valence-corrected chi connectivity index (χ3v) is 6.52. The fraction of sp³-hybridized carbons (Fsp3) is 0.476. The van der Waals surface area contributed by atoms with Gasteiger partial charge in [-0.05, 0) is 45.5 Å². The van der Waals surface area contributed by atoms with Crippen LogP contribution in [0.1, 0.15) is 23.8 Å². The predicted octanol–water partition coefficient (Wildman–Crippen LogP) is 4.23. The topological polar surface area (TPSA) is 40.1 Å². The van der Waals surface area contributed by atoms with Crippen LogP contribution in [-0.4, -0.2) is 61.6 Å². The molecule has 2 aliphatic heterocycles. The summed E-state index contributed by atoms with van der Waals surface area (Å²) in [7, 11) is 4.01. The number of benzene rings is 1. The van der Waals surface area contributed by atoms with Gasteiger partial charge in [0.05, 0.1) is 23.0 Å².